The van der Waals surface area contributed by atoms with E-state index in [2.05, 4.69) is 10.1 Å². The lowest BCUT2D eigenvalue weighted by Crippen LogP contribution is -2.30. The van der Waals surface area contributed by atoms with Crippen LogP contribution < -0.4 is 0 Å². The van der Waals surface area contributed by atoms with Crippen LogP contribution in [0.5, 0.6) is 0 Å². The molecule has 0 fully saturated rings. The first-order valence-electron chi connectivity index (χ1n) is 8.89. The first-order valence-corrected chi connectivity index (χ1v) is 8.89. The second kappa shape index (κ2) is 6.92. The first kappa shape index (κ1) is 17.9. The molecule has 0 saturated carbocycles. The number of benzene rings is 2. The molecule has 0 radical (unpaired) electrons. The smallest absolute Gasteiger partial charge is 0.293 e. The topological polar surface area (TPSA) is 64.2 Å². The Morgan fingerprint density at radius 2 is 1.89 bits per heavy atom. The molecule has 1 amide bonds. The second-order valence-corrected chi connectivity index (χ2v) is 6.65. The van der Waals surface area contributed by atoms with Crippen molar-refractivity contribution < 1.29 is 13.6 Å². The molecule has 2 heterocycles. The van der Waals surface area contributed by atoms with Crippen molar-refractivity contribution in [1.82, 2.24) is 19.7 Å². The van der Waals surface area contributed by atoms with E-state index in [1.165, 1.54) is 16.8 Å². The summed E-state index contributed by atoms with van der Waals surface area (Å²) in [5.41, 5.74) is 1.41. The lowest BCUT2D eigenvalue weighted by Gasteiger charge is -2.21. The highest BCUT2D eigenvalue weighted by molar-refractivity contribution is 5.90. The second-order valence-electron chi connectivity index (χ2n) is 6.65. The molecule has 0 aliphatic heterocycles. The van der Waals surface area contributed by atoms with Gasteiger partial charge in [0.05, 0.1) is 11.7 Å². The highest BCUT2D eigenvalue weighted by Gasteiger charge is 2.25. The van der Waals surface area contributed by atoms with Gasteiger partial charge in [-0.1, -0.05) is 18.2 Å². The zero-order valence-corrected chi connectivity index (χ0v) is 15.8. The molecule has 0 aliphatic rings. The third-order valence-electron chi connectivity index (χ3n) is 4.79. The van der Waals surface area contributed by atoms with Crippen LogP contribution in [0.3, 0.4) is 0 Å². The van der Waals surface area contributed by atoms with Crippen LogP contribution in [-0.2, 0) is 0 Å². The SMILES string of the molecule is Cc1nc(C(=O)N(C)C(C)c2cc3ccccc3o2)nn1-c1ccc(F)cc1. The van der Waals surface area contributed by atoms with Gasteiger partial charge in [0.25, 0.3) is 5.91 Å². The van der Waals surface area contributed by atoms with E-state index in [9.17, 15) is 9.18 Å². The average Bonchev–Trinajstić information content (AvgIpc) is 3.30. The number of furan rings is 1. The molecule has 2 aromatic carbocycles. The zero-order valence-electron chi connectivity index (χ0n) is 15.8. The first-order chi connectivity index (χ1) is 13.4. The zero-order chi connectivity index (χ0) is 19.8. The Morgan fingerprint density at radius 3 is 2.61 bits per heavy atom. The number of hydrogen-bond donors (Lipinski definition) is 0. The van der Waals surface area contributed by atoms with Crippen LogP contribution in [0.1, 0.15) is 35.2 Å². The molecule has 1 unspecified atom stereocenters. The van der Waals surface area contributed by atoms with E-state index in [0.29, 0.717) is 17.3 Å². The number of amides is 1. The highest BCUT2D eigenvalue weighted by Crippen LogP contribution is 2.27. The number of rotatable bonds is 4. The molecule has 0 spiro atoms. The molecule has 2 aromatic heterocycles. The van der Waals surface area contributed by atoms with E-state index < -0.39 is 0 Å². The number of halogens is 1. The summed E-state index contributed by atoms with van der Waals surface area (Å²) in [4.78, 5) is 18.7. The van der Waals surface area contributed by atoms with Gasteiger partial charge < -0.3 is 9.32 Å². The van der Waals surface area contributed by atoms with E-state index in [0.717, 1.165) is 11.0 Å². The number of aromatic nitrogens is 3. The Hall–Kier alpha value is -3.48. The standard InChI is InChI=1S/C21H19FN4O2/c1-13(19-12-15-6-4-5-7-18(15)28-19)25(3)21(27)20-23-14(2)26(24-20)17-10-8-16(22)9-11-17/h4-13H,1-3H3. The molecule has 142 valence electrons. The van der Waals surface area contributed by atoms with Crippen molar-refractivity contribution >= 4 is 16.9 Å². The predicted octanol–water partition coefficient (Wildman–Crippen LogP) is 4.29. The van der Waals surface area contributed by atoms with E-state index >= 15 is 0 Å². The number of hydrogen-bond acceptors (Lipinski definition) is 4. The van der Waals surface area contributed by atoms with Crippen molar-refractivity contribution in [2.45, 2.75) is 19.9 Å². The molecule has 1 atom stereocenters. The number of carbonyl (C=O) groups is 1. The Labute approximate surface area is 161 Å². The minimum atomic E-state index is -0.336. The summed E-state index contributed by atoms with van der Waals surface area (Å²) >= 11 is 0. The van der Waals surface area contributed by atoms with Gasteiger partial charge in [0, 0.05) is 12.4 Å². The highest BCUT2D eigenvalue weighted by atomic mass is 19.1. The normalized spacial score (nSPS) is 12.3. The van der Waals surface area contributed by atoms with Gasteiger partial charge in [0.1, 0.15) is 23.0 Å². The van der Waals surface area contributed by atoms with Gasteiger partial charge in [-0.15, -0.1) is 5.10 Å². The quantitative estimate of drug-likeness (QED) is 0.531. The summed E-state index contributed by atoms with van der Waals surface area (Å²) in [6.07, 6.45) is 0. The molecule has 7 heteroatoms. The molecular formula is C21H19FN4O2. The molecule has 0 N–H and O–H groups in total. The van der Waals surface area contributed by atoms with Crippen LogP contribution in [0.4, 0.5) is 4.39 Å². The van der Waals surface area contributed by atoms with Crippen molar-refractivity contribution in [3.63, 3.8) is 0 Å². The number of carbonyl (C=O) groups excluding carboxylic acids is 1. The van der Waals surface area contributed by atoms with E-state index in [4.69, 9.17) is 4.42 Å². The maximum atomic E-state index is 13.2. The fourth-order valence-corrected chi connectivity index (χ4v) is 3.04. The fourth-order valence-electron chi connectivity index (χ4n) is 3.04. The van der Waals surface area contributed by atoms with Gasteiger partial charge in [-0.2, -0.15) is 0 Å². The lowest BCUT2D eigenvalue weighted by atomic mass is 10.2. The van der Waals surface area contributed by atoms with Crippen LogP contribution >= 0.6 is 0 Å². The summed E-state index contributed by atoms with van der Waals surface area (Å²) in [6, 6.07) is 15.2. The Kier molecular flexibility index (Phi) is 4.43. The fraction of sp³-hybridized carbons (Fsp3) is 0.190. The molecule has 0 aliphatic carbocycles. The molecule has 6 nitrogen and oxygen atoms in total. The lowest BCUT2D eigenvalue weighted by molar-refractivity contribution is 0.0715. The van der Waals surface area contributed by atoms with Crippen LogP contribution in [0.2, 0.25) is 0 Å². The summed E-state index contributed by atoms with van der Waals surface area (Å²) < 4.78 is 20.5. The van der Waals surface area contributed by atoms with Crippen LogP contribution in [-0.4, -0.2) is 32.6 Å². The third kappa shape index (κ3) is 3.15. The summed E-state index contributed by atoms with van der Waals surface area (Å²) in [6.45, 7) is 3.63. The number of para-hydroxylation sites is 1. The molecule has 0 saturated heterocycles. The van der Waals surface area contributed by atoms with Crippen molar-refractivity contribution in [3.8, 4) is 5.69 Å². The van der Waals surface area contributed by atoms with Gasteiger partial charge in [-0.3, -0.25) is 4.79 Å². The van der Waals surface area contributed by atoms with Gasteiger partial charge >= 0.3 is 0 Å². The number of aryl methyl sites for hydroxylation is 1. The van der Waals surface area contributed by atoms with Gasteiger partial charge in [0.2, 0.25) is 5.82 Å². The van der Waals surface area contributed by atoms with Crippen molar-refractivity contribution in [2.75, 3.05) is 7.05 Å². The predicted molar refractivity (Wildman–Crippen MR) is 103 cm³/mol. The Morgan fingerprint density at radius 1 is 1.18 bits per heavy atom. The summed E-state index contributed by atoms with van der Waals surface area (Å²) in [7, 11) is 1.69. The molecule has 28 heavy (non-hydrogen) atoms. The molecular weight excluding hydrogens is 359 g/mol. The van der Waals surface area contributed by atoms with Crippen LogP contribution in [0.15, 0.2) is 59.0 Å². The third-order valence-corrected chi connectivity index (χ3v) is 4.79. The minimum Gasteiger partial charge on any atom is -0.459 e. The minimum absolute atomic E-state index is 0.0762. The van der Waals surface area contributed by atoms with Gasteiger partial charge in [-0.05, 0) is 50.2 Å². The van der Waals surface area contributed by atoms with Gasteiger partial charge in [0.15, 0.2) is 0 Å². The molecule has 4 rings (SSSR count). The average molecular weight is 378 g/mol. The van der Waals surface area contributed by atoms with E-state index in [-0.39, 0.29) is 23.6 Å². The maximum absolute atomic E-state index is 13.2. The van der Waals surface area contributed by atoms with E-state index in [1.807, 2.05) is 37.3 Å². The summed E-state index contributed by atoms with van der Waals surface area (Å²) in [5, 5.41) is 5.30. The Bertz CT molecular complexity index is 1110. The van der Waals surface area contributed by atoms with Crippen LogP contribution in [0, 0.1) is 12.7 Å². The monoisotopic (exact) mass is 378 g/mol. The molecule has 4 aromatic rings. The van der Waals surface area contributed by atoms with Crippen molar-refractivity contribution in [1.29, 1.82) is 0 Å². The van der Waals surface area contributed by atoms with Crippen molar-refractivity contribution in [2.24, 2.45) is 0 Å². The number of fused-ring (bicyclic) bond motifs is 1. The van der Waals surface area contributed by atoms with Crippen LogP contribution in [0.25, 0.3) is 16.7 Å². The largest absolute Gasteiger partial charge is 0.459 e. The van der Waals surface area contributed by atoms with E-state index in [1.54, 1.807) is 31.0 Å². The van der Waals surface area contributed by atoms with Crippen molar-refractivity contribution in [3.05, 3.63) is 77.8 Å². The Balaban J connectivity index is 1.59. The molecule has 0 bridgehead atoms. The maximum Gasteiger partial charge on any atom is 0.293 e. The summed E-state index contributed by atoms with van der Waals surface area (Å²) in [5.74, 6) is 0.646. The van der Waals surface area contributed by atoms with Gasteiger partial charge in [-0.25, -0.2) is 14.1 Å². The number of nitrogens with zero attached hydrogens (tertiary/aromatic N) is 4.